The first-order valence-corrected chi connectivity index (χ1v) is 3.96. The fourth-order valence-corrected chi connectivity index (χ4v) is 0.587. The molecule has 0 heterocycles. The Morgan fingerprint density at radius 2 is 1.46 bits per heavy atom. The number of para-hydroxylation sites is 1. The maximum Gasteiger partial charge on any atom is 0.0343 e. The van der Waals surface area contributed by atoms with E-state index in [2.05, 4.69) is 0 Å². The minimum Gasteiger partial charge on any atom is -0.399 e. The lowest BCUT2D eigenvalue weighted by atomic mass is 10.2. The van der Waals surface area contributed by atoms with Crippen molar-refractivity contribution in [1.29, 1.82) is 0 Å². The van der Waals surface area contributed by atoms with Crippen LogP contribution in [-0.4, -0.2) is 26.0 Å². The number of hydrogen-bond donors (Lipinski definition) is 2. The van der Waals surface area contributed by atoms with E-state index in [1.165, 1.54) is 0 Å². The van der Waals surface area contributed by atoms with Crippen LogP contribution in [0.4, 0.5) is 5.69 Å². The second-order valence-electron chi connectivity index (χ2n) is 3.20. The molecule has 1 aromatic carbocycles. The molecule has 76 valence electrons. The molecule has 1 aromatic rings. The van der Waals surface area contributed by atoms with Gasteiger partial charge in [0.25, 0.3) is 0 Å². The first-order valence-electron chi connectivity index (χ1n) is 3.96. The summed E-state index contributed by atoms with van der Waals surface area (Å²) in [5, 5.41) is 0. The predicted molar refractivity (Wildman–Crippen MR) is 60.2 cm³/mol. The van der Waals surface area contributed by atoms with Crippen LogP contribution in [0.1, 0.15) is 5.56 Å². The molecule has 0 amide bonds. The Morgan fingerprint density at radius 1 is 1.08 bits per heavy atom. The molecule has 0 aliphatic carbocycles. The first kappa shape index (κ1) is 14.5. The van der Waals surface area contributed by atoms with Gasteiger partial charge in [-0.05, 0) is 39.7 Å². The summed E-state index contributed by atoms with van der Waals surface area (Å²) in [6.07, 6.45) is 0. The maximum absolute atomic E-state index is 5.52. The van der Waals surface area contributed by atoms with E-state index in [0.29, 0.717) is 0 Å². The Morgan fingerprint density at radius 3 is 1.69 bits per heavy atom. The van der Waals surface area contributed by atoms with Gasteiger partial charge >= 0.3 is 0 Å². The normalized spacial score (nSPS) is 8.38. The average molecular weight is 183 g/mol. The van der Waals surface area contributed by atoms with Crippen molar-refractivity contribution in [2.24, 2.45) is 0 Å². The Hall–Kier alpha value is -1.06. The van der Waals surface area contributed by atoms with Gasteiger partial charge in [0.1, 0.15) is 0 Å². The van der Waals surface area contributed by atoms with E-state index in [0.717, 1.165) is 11.3 Å². The lowest BCUT2D eigenvalue weighted by Crippen LogP contribution is -1.99. The minimum absolute atomic E-state index is 0. The topological polar surface area (TPSA) is 64.3 Å². The van der Waals surface area contributed by atoms with Gasteiger partial charge in [0.2, 0.25) is 0 Å². The van der Waals surface area contributed by atoms with Crippen LogP contribution in [-0.2, 0) is 0 Å². The quantitative estimate of drug-likeness (QED) is 0.604. The molecule has 1 rings (SSSR count). The van der Waals surface area contributed by atoms with Crippen molar-refractivity contribution in [1.82, 2.24) is 11.1 Å². The van der Waals surface area contributed by atoms with Gasteiger partial charge in [-0.25, -0.2) is 0 Å². The van der Waals surface area contributed by atoms with Crippen LogP contribution in [0.2, 0.25) is 0 Å². The molecule has 0 aromatic heterocycles. The third-order valence-electron chi connectivity index (χ3n) is 1.19. The molecule has 0 aliphatic heterocycles. The zero-order valence-electron chi connectivity index (χ0n) is 9.04. The zero-order chi connectivity index (χ0) is 9.56. The summed E-state index contributed by atoms with van der Waals surface area (Å²) >= 11 is 0. The van der Waals surface area contributed by atoms with Crippen LogP contribution < -0.4 is 11.9 Å². The molecule has 0 fully saturated rings. The molecule has 3 heteroatoms. The molecule has 0 aliphatic rings. The van der Waals surface area contributed by atoms with Crippen molar-refractivity contribution in [3.8, 4) is 0 Å². The summed E-state index contributed by atoms with van der Waals surface area (Å²) in [6.45, 7) is 2.00. The van der Waals surface area contributed by atoms with Gasteiger partial charge in [-0.1, -0.05) is 18.2 Å². The molecule has 5 N–H and O–H groups in total. The van der Waals surface area contributed by atoms with Gasteiger partial charge in [0, 0.05) is 5.69 Å². The van der Waals surface area contributed by atoms with E-state index in [1.807, 2.05) is 57.2 Å². The lowest BCUT2D eigenvalue weighted by Gasteiger charge is -1.93. The minimum atomic E-state index is 0. The summed E-state index contributed by atoms with van der Waals surface area (Å²) in [7, 11) is 6.00. The van der Waals surface area contributed by atoms with Crippen LogP contribution in [0.5, 0.6) is 0 Å². The summed E-state index contributed by atoms with van der Waals surface area (Å²) < 4.78 is 0. The van der Waals surface area contributed by atoms with Crippen LogP contribution in [0.3, 0.4) is 0 Å². The number of rotatable bonds is 0. The number of benzene rings is 1. The molecular weight excluding hydrogens is 162 g/mol. The van der Waals surface area contributed by atoms with Gasteiger partial charge in [-0.2, -0.15) is 0 Å². The number of aryl methyl sites for hydroxylation is 1. The van der Waals surface area contributed by atoms with Gasteiger partial charge in [0.15, 0.2) is 0 Å². The molecular formula is C10H21N3. The summed E-state index contributed by atoms with van der Waals surface area (Å²) in [5.41, 5.74) is 7.53. The molecule has 0 atom stereocenters. The molecule has 0 unspecified atom stereocenters. The van der Waals surface area contributed by atoms with Gasteiger partial charge in [-0.3, -0.25) is 0 Å². The third kappa shape index (κ3) is 8.85. The van der Waals surface area contributed by atoms with E-state index in [-0.39, 0.29) is 6.15 Å². The molecule has 3 nitrogen and oxygen atoms in total. The number of nitrogens with two attached hydrogens (primary N) is 1. The smallest absolute Gasteiger partial charge is 0.0343 e. The Balaban J connectivity index is 0. The lowest BCUT2D eigenvalue weighted by molar-refractivity contribution is 0.505. The number of anilines is 1. The van der Waals surface area contributed by atoms with Crippen molar-refractivity contribution < 1.29 is 0 Å². The Labute approximate surface area is 81.1 Å². The largest absolute Gasteiger partial charge is 0.399 e. The third-order valence-corrected chi connectivity index (χ3v) is 1.19. The molecule has 0 saturated heterocycles. The van der Waals surface area contributed by atoms with Gasteiger partial charge in [0.05, 0.1) is 0 Å². The zero-order valence-corrected chi connectivity index (χ0v) is 9.04. The number of hydrogen-bond acceptors (Lipinski definition) is 3. The van der Waals surface area contributed by atoms with Crippen LogP contribution in [0.15, 0.2) is 24.3 Å². The van der Waals surface area contributed by atoms with Crippen LogP contribution in [0, 0.1) is 6.92 Å². The van der Waals surface area contributed by atoms with Crippen molar-refractivity contribution >= 4 is 5.69 Å². The van der Waals surface area contributed by atoms with Crippen LogP contribution in [0.25, 0.3) is 0 Å². The molecule has 0 saturated carbocycles. The monoisotopic (exact) mass is 183 g/mol. The van der Waals surface area contributed by atoms with Crippen LogP contribution >= 0.6 is 0 Å². The molecule has 13 heavy (non-hydrogen) atoms. The van der Waals surface area contributed by atoms with Crippen molar-refractivity contribution in [2.45, 2.75) is 6.92 Å². The fraction of sp³-hybridized carbons (Fsp3) is 0.400. The highest BCUT2D eigenvalue weighted by Crippen LogP contribution is 2.06. The van der Waals surface area contributed by atoms with E-state index in [9.17, 15) is 0 Å². The maximum atomic E-state index is 5.52. The highest BCUT2D eigenvalue weighted by atomic mass is 15.0. The van der Waals surface area contributed by atoms with Crippen molar-refractivity contribution in [3.63, 3.8) is 0 Å². The summed E-state index contributed by atoms with van der Waals surface area (Å²) in [5.74, 6) is 0. The molecule has 0 spiro atoms. The van der Waals surface area contributed by atoms with E-state index < -0.39 is 0 Å². The second kappa shape index (κ2) is 7.58. The summed E-state index contributed by atoms with van der Waals surface area (Å²) in [6, 6.07) is 7.80. The number of nitrogen functional groups attached to an aromatic ring is 1. The highest BCUT2D eigenvalue weighted by Gasteiger charge is 1.84. The summed E-state index contributed by atoms with van der Waals surface area (Å²) in [4.78, 5) is 2.00. The van der Waals surface area contributed by atoms with E-state index in [1.54, 1.807) is 0 Å². The standard InChI is InChI=1S/C7H9N.C3H9N.H3N/c1-6-4-2-3-5-7(6)8;1-4(2)3;/h2-5H,8H2,1H3;1-3H3;1H3. The SMILES string of the molecule is CN(C)C.Cc1ccccc1N.N. The highest BCUT2D eigenvalue weighted by molar-refractivity contribution is 5.44. The van der Waals surface area contributed by atoms with Crippen molar-refractivity contribution in [3.05, 3.63) is 29.8 Å². The van der Waals surface area contributed by atoms with Gasteiger partial charge in [-0.15, -0.1) is 0 Å². The van der Waals surface area contributed by atoms with Gasteiger partial charge < -0.3 is 16.8 Å². The second-order valence-corrected chi connectivity index (χ2v) is 3.20. The van der Waals surface area contributed by atoms with E-state index >= 15 is 0 Å². The predicted octanol–water partition coefficient (Wildman–Crippen LogP) is 1.92. The Kier molecular flexibility index (Phi) is 8.44. The molecule has 0 bridgehead atoms. The fourth-order valence-electron chi connectivity index (χ4n) is 0.587. The Bertz CT molecular complexity index is 197. The molecule has 0 radical (unpaired) electrons. The average Bonchev–Trinajstić information content (AvgIpc) is 1.94. The first-order chi connectivity index (χ1) is 5.54. The van der Waals surface area contributed by atoms with Crippen molar-refractivity contribution in [2.75, 3.05) is 26.9 Å². The number of nitrogens with zero attached hydrogens (tertiary/aromatic N) is 1. The van der Waals surface area contributed by atoms with E-state index in [4.69, 9.17) is 5.73 Å².